The van der Waals surface area contributed by atoms with E-state index in [0.717, 1.165) is 27.7 Å². The molecule has 31 N–H and O–H groups in total. The fourth-order valence-corrected chi connectivity index (χ4v) is 18.9. The summed E-state index contributed by atoms with van der Waals surface area (Å²) in [4.78, 5) is 63.5. The first-order valence-electron chi connectivity index (χ1n) is 42.9. The number of carbonyl (C=O) groups is 5. The Bertz CT molecular complexity index is 3760. The summed E-state index contributed by atoms with van der Waals surface area (Å²) in [7, 11) is 0. The predicted octanol–water partition coefficient (Wildman–Crippen LogP) is -19.7. The Balaban J connectivity index is 0.813. The third kappa shape index (κ3) is 22.0. The quantitative estimate of drug-likeness (QED) is 0.0205. The van der Waals surface area contributed by atoms with Crippen LogP contribution in [-0.2, 0) is 119 Å². The molecule has 56 nitrogen and oxygen atoms in total. The Labute approximate surface area is 749 Å². The molecule has 0 bridgehead atoms. The van der Waals surface area contributed by atoms with Gasteiger partial charge < -0.3 is 249 Å². The summed E-state index contributed by atoms with van der Waals surface area (Å²) in [5.74, 6) is -17.3. The van der Waals surface area contributed by atoms with E-state index in [0.29, 0.717) is 0 Å². The highest BCUT2D eigenvalue weighted by Gasteiger charge is 2.78. The highest BCUT2D eigenvalue weighted by Crippen LogP contribution is 2.58. The van der Waals surface area contributed by atoms with Gasteiger partial charge in [-0.05, 0) is 13.3 Å². The van der Waals surface area contributed by atoms with Gasteiger partial charge in [-0.2, -0.15) is 0 Å². The zero-order valence-electron chi connectivity index (χ0n) is 71.7. The van der Waals surface area contributed by atoms with Crippen molar-refractivity contribution in [3.05, 3.63) is 0 Å². The van der Waals surface area contributed by atoms with Crippen LogP contribution in [0.15, 0.2) is 0 Å². The van der Waals surface area contributed by atoms with Crippen molar-refractivity contribution in [1.82, 2.24) is 21.3 Å². The van der Waals surface area contributed by atoms with Gasteiger partial charge in [0.15, 0.2) is 56.1 Å². The Morgan fingerprint density at radius 3 is 1.32 bits per heavy atom. The first-order valence-corrected chi connectivity index (χ1v) is 42.9. The van der Waals surface area contributed by atoms with Crippen molar-refractivity contribution in [2.75, 3.05) is 59.5 Å². The highest BCUT2D eigenvalue weighted by molar-refractivity contribution is 5.74. The zero-order chi connectivity index (χ0) is 96.8. The van der Waals surface area contributed by atoms with Crippen molar-refractivity contribution in [3.8, 4) is 0 Å². The Morgan fingerprint density at radius 2 is 0.826 bits per heavy atom. The summed E-state index contributed by atoms with van der Waals surface area (Å²) in [6.07, 6.45) is -84.8. The number of rotatable bonds is 36. The number of aliphatic hydroxyl groups is 27. The number of nitrogens with one attached hydrogen (secondary N) is 4. The molecular weight excluding hydrogens is 1800 g/mol. The number of hydrogen-bond acceptors (Lipinski definition) is 52. The molecule has 56 heteroatoms. The van der Waals surface area contributed by atoms with Crippen LogP contribution in [0.4, 0.5) is 0 Å². The second kappa shape index (κ2) is 44.1. The van der Waals surface area contributed by atoms with Crippen LogP contribution < -0.4 is 21.3 Å². The van der Waals surface area contributed by atoms with Gasteiger partial charge in [0.2, 0.25) is 29.4 Å². The molecule has 0 radical (unpaired) electrons. The lowest BCUT2D eigenvalue weighted by atomic mass is 9.69. The van der Waals surface area contributed by atoms with Crippen LogP contribution in [0.2, 0.25) is 0 Å². The van der Waals surface area contributed by atoms with Crippen LogP contribution in [-0.4, -0.2) is 527 Å². The monoisotopic (exact) mass is 1920 g/mol. The van der Waals surface area contributed by atoms with Gasteiger partial charge in [-0.3, -0.25) is 28.7 Å². The molecule has 10 aliphatic heterocycles. The van der Waals surface area contributed by atoms with Crippen molar-refractivity contribution < 1.29 is 257 Å². The molecule has 0 spiro atoms. The Morgan fingerprint density at radius 1 is 0.409 bits per heavy atom. The predicted molar refractivity (Wildman–Crippen MR) is 408 cm³/mol. The third-order valence-electron chi connectivity index (χ3n) is 26.1. The maximum absolute atomic E-state index is 13.2. The van der Waals surface area contributed by atoms with Crippen LogP contribution in [0.1, 0.15) is 60.8 Å². The van der Waals surface area contributed by atoms with Crippen LogP contribution in [0.25, 0.3) is 0 Å². The van der Waals surface area contributed by atoms with Crippen molar-refractivity contribution in [2.45, 2.75) is 360 Å². The average Bonchev–Trinajstić information content (AvgIpc) is 1.52. The van der Waals surface area contributed by atoms with Gasteiger partial charge >= 0.3 is 5.97 Å². The van der Waals surface area contributed by atoms with Crippen LogP contribution >= 0.6 is 0 Å². The molecule has 0 aromatic carbocycles. The number of amides is 4. The van der Waals surface area contributed by atoms with Gasteiger partial charge in [0.1, 0.15) is 183 Å². The minimum Gasteiger partial charge on any atom is -0.410 e. The van der Waals surface area contributed by atoms with Crippen molar-refractivity contribution >= 4 is 30.1 Å². The van der Waals surface area contributed by atoms with E-state index in [-0.39, 0.29) is 6.47 Å². The van der Waals surface area contributed by atoms with E-state index < -0.39 is 426 Å². The number of ether oxygens (including phenoxy) is 20. The van der Waals surface area contributed by atoms with Gasteiger partial charge in [-0.1, -0.05) is 6.92 Å². The van der Waals surface area contributed by atoms with Crippen molar-refractivity contribution in [2.24, 2.45) is 23.7 Å². The van der Waals surface area contributed by atoms with Gasteiger partial charge in [0.25, 0.3) is 6.47 Å². The third-order valence-corrected chi connectivity index (χ3v) is 26.1. The maximum Gasteiger partial charge on any atom is 0.334 e. The molecule has 2 aliphatic carbocycles. The molecule has 12 fully saturated rings. The van der Waals surface area contributed by atoms with Crippen molar-refractivity contribution in [1.29, 1.82) is 0 Å². The number of hydrogen-bond donors (Lipinski definition) is 31. The molecule has 52 atom stereocenters. The second-order valence-corrected chi connectivity index (χ2v) is 35.1. The van der Waals surface area contributed by atoms with E-state index in [1.165, 1.54) is 13.8 Å². The first kappa shape index (κ1) is 106. The molecule has 132 heavy (non-hydrogen) atoms. The molecule has 12 rings (SSSR count). The first-order chi connectivity index (χ1) is 62.3. The fraction of sp³-hybridized carbons (Fsp3) is 0.934. The topological polar surface area (TPSA) is 864 Å². The van der Waals surface area contributed by atoms with Crippen LogP contribution in [0, 0.1) is 23.7 Å². The lowest BCUT2D eigenvalue weighted by Gasteiger charge is -2.56. The average molecular weight is 1930 g/mol. The smallest absolute Gasteiger partial charge is 0.334 e. The molecular formula is C76H124N4O52. The van der Waals surface area contributed by atoms with Gasteiger partial charge in [-0.15, -0.1) is 0 Å². The molecule has 0 aromatic rings. The molecule has 12 aliphatic rings. The summed E-state index contributed by atoms with van der Waals surface area (Å²) in [5, 5.41) is 314. The highest BCUT2D eigenvalue weighted by atomic mass is 16.9. The Kier molecular flexibility index (Phi) is 35.6. The van der Waals surface area contributed by atoms with Gasteiger partial charge in [0.05, 0.1) is 126 Å². The lowest BCUT2D eigenvalue weighted by Crippen LogP contribution is -2.72. The fourth-order valence-electron chi connectivity index (χ4n) is 18.9. The summed E-state index contributed by atoms with van der Waals surface area (Å²) in [5.41, 5.74) is 0. The molecule has 760 valence electrons. The molecule has 21 unspecified atom stereocenters. The standard InChI is InChI=1S/C76H124N4O52/c1-20-27(93)9-75(115-19-88,131-58(20)44(96)28(94)11-81)132-76(112)38-49(101)56(108)71(130-65(38)76)126-61-34(16-86)122-69(42(53(61)105)80-25(6)92)129-64-54(106)46(98)31(13-83)119-73(64)128-63-47(99)36(123-72(57(63)109)127-62-35(17-87)121-68(41(52(62)104)79-24(5)91)124-59-32(14-84)116-21(2)39(50(59)102)77-22(3)89)18-114-66-26(43(95)45(97)30(12-82)118-66)7-8-113-67-40(78-23(4)90)51(103)60(33(15-85)120-67)125-70-55(107)48(100)37-29(117-70)10-74(37,110)111/h19-21,26-73,81-87,93-112H,7-18H2,1-6H3,(H,77,89)(H,78,90)(H,79,91)(H,80,92)/t20-,21+,26?,27-,28-,29?,30?,31?,32?,33+,34?,35?,36?,37+,38-,39?,40?,41?,42?,43-,44-,45-,46-,47-,48+,49+,50-,51?,52-,53-,54?,55?,56?,57?,58?,59-,60-,61-,62-,63+,64?,65?,66+,67-,68+,69+,70+,71-,72+,73-,75+,76?/m1/s1. The van der Waals surface area contributed by atoms with E-state index in [4.69, 9.17) is 94.7 Å². The molecule has 0 aromatic heterocycles. The van der Waals surface area contributed by atoms with Crippen LogP contribution in [0.5, 0.6) is 0 Å². The van der Waals surface area contributed by atoms with E-state index in [1.807, 2.05) is 0 Å². The van der Waals surface area contributed by atoms with E-state index in [2.05, 4.69) is 21.3 Å². The van der Waals surface area contributed by atoms with E-state index >= 15 is 0 Å². The van der Waals surface area contributed by atoms with E-state index in [1.54, 1.807) is 0 Å². The van der Waals surface area contributed by atoms with E-state index in [9.17, 15) is 162 Å². The molecule has 2 saturated carbocycles. The largest absolute Gasteiger partial charge is 0.410 e. The number of aliphatic hydroxyl groups excluding tert-OH is 24. The molecule has 4 amide bonds. The summed E-state index contributed by atoms with van der Waals surface area (Å²) < 4.78 is 120. The second-order valence-electron chi connectivity index (χ2n) is 35.1. The van der Waals surface area contributed by atoms with Gasteiger partial charge in [0, 0.05) is 46.0 Å². The summed E-state index contributed by atoms with van der Waals surface area (Å²) >= 11 is 0. The van der Waals surface area contributed by atoms with Crippen LogP contribution in [0.3, 0.4) is 0 Å². The Hall–Kier alpha value is -4.49. The number of fused-ring (bicyclic) bond motifs is 2. The van der Waals surface area contributed by atoms with Gasteiger partial charge in [-0.25, -0.2) is 0 Å². The zero-order valence-corrected chi connectivity index (χ0v) is 71.7. The van der Waals surface area contributed by atoms with Crippen molar-refractivity contribution in [3.63, 3.8) is 0 Å². The summed E-state index contributed by atoms with van der Waals surface area (Å²) in [6.45, 7) is -2.64. The SMILES string of the molecule is CC(=O)NC1C(O)[C@H](O[C@@H]2OC3CC(O)(O)[C@@H]3[C@H](O)C2O)[C@H](CO)O[C@H]1OCCC1[C@@H](OCC2O[C@@H](O[C@@H]3C(CO)O[C@@H](O[C@@H]4C(CO)O[C@@H](C)C(NC(C)=O)[C@H]4O)C(NC(C)=O)[C@H]3O)C(O)[C@@H](O[C@H]3OC(CO)[C@@H](O)C(O)C3O[C@@H]3OC(CO)[C@@H](O[C@@H]4OC5[C@@H]([C@H](O)C4O)C5(O)O[C@]4(OC=O)C[C@@H](O)[C@@H](C)C([C@H](O)[C@H](O)CO)O4)[C@H](O)C3NC(C)=O)[C@@H]2O)OC(CO)[C@@H](O)[C@@H]1O. The minimum atomic E-state index is -2.88. The maximum atomic E-state index is 13.2. The minimum absolute atomic E-state index is 0.242. The molecule has 10 heterocycles. The lowest BCUT2D eigenvalue weighted by molar-refractivity contribution is -0.452. The molecule has 10 saturated heterocycles. The number of carbonyl (C=O) groups excluding carboxylic acids is 5. The summed E-state index contributed by atoms with van der Waals surface area (Å²) in [6, 6.07) is -6.79. The normalized spacial score (nSPS) is 49.4.